The van der Waals surface area contributed by atoms with E-state index >= 15 is 0 Å². The van der Waals surface area contributed by atoms with Crippen LogP contribution in [0.15, 0.2) is 29.6 Å². The van der Waals surface area contributed by atoms with Crippen molar-refractivity contribution in [1.29, 1.82) is 0 Å². The molecule has 0 fully saturated rings. The highest BCUT2D eigenvalue weighted by molar-refractivity contribution is 7.09. The number of thiophene rings is 1. The van der Waals surface area contributed by atoms with Gasteiger partial charge in [-0.2, -0.15) is 0 Å². The molecule has 2 heterocycles. The van der Waals surface area contributed by atoms with Gasteiger partial charge in [0.15, 0.2) is 11.6 Å². The summed E-state index contributed by atoms with van der Waals surface area (Å²) in [5.41, 5.74) is 6.79. The molecule has 21 heavy (non-hydrogen) atoms. The van der Waals surface area contributed by atoms with Crippen molar-refractivity contribution >= 4 is 22.4 Å². The van der Waals surface area contributed by atoms with Gasteiger partial charge in [0.05, 0.1) is 11.0 Å². The van der Waals surface area contributed by atoms with Crippen molar-refractivity contribution in [3.63, 3.8) is 0 Å². The number of hydrogen-bond donors (Lipinski definition) is 1. The van der Waals surface area contributed by atoms with E-state index in [4.69, 9.17) is 5.73 Å². The zero-order valence-electron chi connectivity index (χ0n) is 11.5. The highest BCUT2D eigenvalue weighted by atomic mass is 32.1. The van der Waals surface area contributed by atoms with Crippen molar-refractivity contribution in [2.24, 2.45) is 5.73 Å². The van der Waals surface area contributed by atoms with Gasteiger partial charge < -0.3 is 10.3 Å². The molecule has 1 aromatic carbocycles. The molecule has 1 unspecified atom stereocenters. The molecule has 3 aromatic rings. The van der Waals surface area contributed by atoms with Gasteiger partial charge in [0.25, 0.3) is 0 Å². The van der Waals surface area contributed by atoms with E-state index in [1.165, 1.54) is 6.07 Å². The molecule has 0 aliphatic rings. The topological polar surface area (TPSA) is 43.8 Å². The van der Waals surface area contributed by atoms with Crippen LogP contribution in [0, 0.1) is 11.6 Å². The molecule has 1 atom stereocenters. The Morgan fingerprint density at radius 3 is 2.76 bits per heavy atom. The zero-order chi connectivity index (χ0) is 15.0. The van der Waals surface area contributed by atoms with Gasteiger partial charge in [0.1, 0.15) is 5.82 Å². The Kier molecular flexibility index (Phi) is 3.73. The second-order valence-electron chi connectivity index (χ2n) is 4.99. The monoisotopic (exact) mass is 307 g/mol. The number of nitrogens with two attached hydrogens (primary N) is 1. The lowest BCUT2D eigenvalue weighted by molar-refractivity contribution is 0.508. The van der Waals surface area contributed by atoms with Crippen LogP contribution in [0.2, 0.25) is 0 Å². The van der Waals surface area contributed by atoms with E-state index in [9.17, 15) is 8.78 Å². The highest BCUT2D eigenvalue weighted by Crippen LogP contribution is 2.25. The number of aromatic nitrogens is 2. The lowest BCUT2D eigenvalue weighted by atomic mass is 10.2. The molecule has 6 heteroatoms. The van der Waals surface area contributed by atoms with Gasteiger partial charge in [0, 0.05) is 36.0 Å². The third-order valence-corrected chi connectivity index (χ3v) is 4.38. The predicted molar refractivity (Wildman–Crippen MR) is 80.5 cm³/mol. The van der Waals surface area contributed by atoms with E-state index in [1.807, 2.05) is 29.0 Å². The predicted octanol–water partition coefficient (Wildman–Crippen LogP) is 3.49. The smallest absolute Gasteiger partial charge is 0.161 e. The minimum Gasteiger partial charge on any atom is -0.328 e. The molecular formula is C15H15F2N3S. The van der Waals surface area contributed by atoms with Crippen LogP contribution in [0.4, 0.5) is 8.78 Å². The summed E-state index contributed by atoms with van der Waals surface area (Å²) in [6, 6.07) is 6.29. The Labute approximate surface area is 125 Å². The molecule has 3 rings (SSSR count). The molecule has 0 saturated carbocycles. The number of rotatable bonds is 4. The quantitative estimate of drug-likeness (QED) is 0.802. The lowest BCUT2D eigenvalue weighted by Gasteiger charge is -2.15. The molecule has 3 nitrogen and oxygen atoms in total. The summed E-state index contributed by atoms with van der Waals surface area (Å²) in [4.78, 5) is 5.62. The second kappa shape index (κ2) is 5.54. The van der Waals surface area contributed by atoms with E-state index in [0.29, 0.717) is 24.0 Å². The van der Waals surface area contributed by atoms with Crippen molar-refractivity contribution < 1.29 is 8.78 Å². The first-order valence-corrected chi connectivity index (χ1v) is 7.56. The number of halogens is 2. The minimum atomic E-state index is -0.879. The summed E-state index contributed by atoms with van der Waals surface area (Å²) in [6.45, 7) is 2.35. The van der Waals surface area contributed by atoms with Crippen LogP contribution >= 0.6 is 11.3 Å². The van der Waals surface area contributed by atoms with E-state index in [0.717, 1.165) is 16.8 Å². The second-order valence-corrected chi connectivity index (χ2v) is 6.03. The highest BCUT2D eigenvalue weighted by Gasteiger charge is 2.18. The van der Waals surface area contributed by atoms with Crippen LogP contribution in [0.25, 0.3) is 11.0 Å². The molecule has 0 radical (unpaired) electrons. The summed E-state index contributed by atoms with van der Waals surface area (Å²) in [6.07, 6.45) is 0.625. The van der Waals surface area contributed by atoms with Crippen molar-refractivity contribution in [2.75, 3.05) is 6.54 Å². The van der Waals surface area contributed by atoms with Crippen molar-refractivity contribution in [1.82, 2.24) is 9.55 Å². The molecular weight excluding hydrogens is 292 g/mol. The molecule has 110 valence electrons. The van der Waals surface area contributed by atoms with Crippen LogP contribution in [-0.2, 0) is 6.42 Å². The Balaban J connectivity index is 2.17. The van der Waals surface area contributed by atoms with Gasteiger partial charge in [-0.15, -0.1) is 11.3 Å². The van der Waals surface area contributed by atoms with Gasteiger partial charge in [-0.25, -0.2) is 13.8 Å². The molecule has 2 N–H and O–H groups in total. The fraction of sp³-hybridized carbons (Fsp3) is 0.267. The molecule has 0 amide bonds. The Hall–Kier alpha value is -1.79. The molecule has 0 aliphatic heterocycles. The number of hydrogen-bond acceptors (Lipinski definition) is 3. The third-order valence-electron chi connectivity index (χ3n) is 3.50. The van der Waals surface area contributed by atoms with Crippen molar-refractivity contribution in [3.8, 4) is 0 Å². The molecule has 0 saturated heterocycles. The van der Waals surface area contributed by atoms with Crippen LogP contribution < -0.4 is 5.73 Å². The standard InChI is InChI=1S/C15H15F2N3S/c1-9(8-18)20-14-7-12(17)11(16)6-13(14)19-15(20)5-10-3-2-4-21-10/h2-4,6-7,9H,5,8,18H2,1H3. The first-order valence-electron chi connectivity index (χ1n) is 6.68. The lowest BCUT2D eigenvalue weighted by Crippen LogP contribution is -2.18. The van der Waals surface area contributed by atoms with Crippen LogP contribution in [0.3, 0.4) is 0 Å². The number of benzene rings is 1. The van der Waals surface area contributed by atoms with Gasteiger partial charge in [0.2, 0.25) is 0 Å². The largest absolute Gasteiger partial charge is 0.328 e. The maximum atomic E-state index is 13.5. The van der Waals surface area contributed by atoms with Crippen LogP contribution in [-0.4, -0.2) is 16.1 Å². The maximum absolute atomic E-state index is 13.5. The molecule has 2 aromatic heterocycles. The molecule has 0 spiro atoms. The van der Waals surface area contributed by atoms with Crippen LogP contribution in [0.5, 0.6) is 0 Å². The van der Waals surface area contributed by atoms with Gasteiger partial charge in [-0.05, 0) is 18.4 Å². The van der Waals surface area contributed by atoms with E-state index < -0.39 is 11.6 Å². The minimum absolute atomic E-state index is 0.0326. The zero-order valence-corrected chi connectivity index (χ0v) is 12.3. The van der Waals surface area contributed by atoms with E-state index in [-0.39, 0.29) is 6.04 Å². The summed E-state index contributed by atoms with van der Waals surface area (Å²) in [5.74, 6) is -0.971. The fourth-order valence-electron chi connectivity index (χ4n) is 2.43. The van der Waals surface area contributed by atoms with Gasteiger partial charge >= 0.3 is 0 Å². The average molecular weight is 307 g/mol. The van der Waals surface area contributed by atoms with E-state index in [2.05, 4.69) is 4.98 Å². The van der Waals surface area contributed by atoms with Gasteiger partial charge in [-0.3, -0.25) is 0 Å². The number of nitrogens with zero attached hydrogens (tertiary/aromatic N) is 2. The maximum Gasteiger partial charge on any atom is 0.161 e. The normalized spacial score (nSPS) is 13.0. The summed E-state index contributed by atoms with van der Waals surface area (Å²) in [5, 5.41) is 1.99. The Morgan fingerprint density at radius 2 is 2.10 bits per heavy atom. The SMILES string of the molecule is CC(CN)n1c(Cc2cccs2)nc2cc(F)c(F)cc21. The molecule has 0 bridgehead atoms. The van der Waals surface area contributed by atoms with Crippen molar-refractivity contribution in [2.45, 2.75) is 19.4 Å². The fourth-order valence-corrected chi connectivity index (χ4v) is 3.13. The third kappa shape index (κ3) is 2.56. The summed E-state index contributed by atoms with van der Waals surface area (Å²) >= 11 is 1.63. The average Bonchev–Trinajstić information content (AvgIpc) is 3.07. The first kappa shape index (κ1) is 14.2. The first-order chi connectivity index (χ1) is 10.1. The number of fused-ring (bicyclic) bond motifs is 1. The van der Waals surface area contributed by atoms with Crippen molar-refractivity contribution in [3.05, 3.63) is 52.0 Å². The Bertz CT molecular complexity index is 765. The summed E-state index contributed by atoms with van der Waals surface area (Å²) < 4.78 is 28.8. The Morgan fingerprint density at radius 1 is 1.33 bits per heavy atom. The van der Waals surface area contributed by atoms with Gasteiger partial charge in [-0.1, -0.05) is 6.07 Å². The number of imidazole rings is 1. The van der Waals surface area contributed by atoms with Crippen LogP contribution in [0.1, 0.15) is 23.7 Å². The molecule has 0 aliphatic carbocycles. The van der Waals surface area contributed by atoms with E-state index in [1.54, 1.807) is 11.3 Å². The summed E-state index contributed by atoms with van der Waals surface area (Å²) in [7, 11) is 0.